The predicted octanol–water partition coefficient (Wildman–Crippen LogP) is 3.34. The standard InChI is InChI=1S/C12H12Cl2O2/c13-9-3-2-8(6-10(9)14)11(16)12(7-15)4-1-5-12/h2-3,6,15H,1,4-5,7H2. The Bertz CT molecular complexity index is 420. The number of rotatable bonds is 3. The lowest BCUT2D eigenvalue weighted by Gasteiger charge is -2.38. The van der Waals surface area contributed by atoms with Crippen molar-refractivity contribution < 1.29 is 9.90 Å². The van der Waals surface area contributed by atoms with Gasteiger partial charge in [-0.2, -0.15) is 0 Å². The van der Waals surface area contributed by atoms with Crippen LogP contribution in [0.15, 0.2) is 18.2 Å². The van der Waals surface area contributed by atoms with Gasteiger partial charge in [0, 0.05) is 5.56 Å². The fourth-order valence-electron chi connectivity index (χ4n) is 2.00. The molecule has 0 radical (unpaired) electrons. The van der Waals surface area contributed by atoms with E-state index >= 15 is 0 Å². The van der Waals surface area contributed by atoms with E-state index in [1.165, 1.54) is 0 Å². The number of carbonyl (C=O) groups excluding carboxylic acids is 1. The molecule has 2 nitrogen and oxygen atoms in total. The van der Waals surface area contributed by atoms with Crippen LogP contribution < -0.4 is 0 Å². The maximum absolute atomic E-state index is 12.2. The lowest BCUT2D eigenvalue weighted by atomic mass is 9.65. The number of aliphatic hydroxyl groups excluding tert-OH is 1. The summed E-state index contributed by atoms with van der Waals surface area (Å²) in [6.07, 6.45) is 2.50. The van der Waals surface area contributed by atoms with E-state index in [-0.39, 0.29) is 12.4 Å². The summed E-state index contributed by atoms with van der Waals surface area (Å²) in [6, 6.07) is 4.84. The van der Waals surface area contributed by atoms with Crippen molar-refractivity contribution in [2.24, 2.45) is 5.41 Å². The second-order valence-electron chi connectivity index (χ2n) is 4.25. The van der Waals surface area contributed by atoms with Crippen molar-refractivity contribution in [1.82, 2.24) is 0 Å². The number of benzene rings is 1. The van der Waals surface area contributed by atoms with E-state index in [0.29, 0.717) is 15.6 Å². The van der Waals surface area contributed by atoms with Crippen molar-refractivity contribution in [3.8, 4) is 0 Å². The number of hydrogen-bond acceptors (Lipinski definition) is 2. The molecule has 0 aliphatic heterocycles. The van der Waals surface area contributed by atoms with Crippen LogP contribution >= 0.6 is 23.2 Å². The Hall–Kier alpha value is -0.570. The zero-order valence-corrected chi connectivity index (χ0v) is 10.2. The Morgan fingerprint density at radius 1 is 1.31 bits per heavy atom. The maximum atomic E-state index is 12.2. The number of carbonyl (C=O) groups is 1. The predicted molar refractivity (Wildman–Crippen MR) is 64.2 cm³/mol. The van der Waals surface area contributed by atoms with E-state index in [9.17, 15) is 9.90 Å². The van der Waals surface area contributed by atoms with Crippen LogP contribution in [0.1, 0.15) is 29.6 Å². The molecule has 0 bridgehead atoms. The van der Waals surface area contributed by atoms with Crippen LogP contribution in [0.25, 0.3) is 0 Å². The summed E-state index contributed by atoms with van der Waals surface area (Å²) in [5.74, 6) is -0.0279. The van der Waals surface area contributed by atoms with E-state index in [1.807, 2.05) is 0 Å². The van der Waals surface area contributed by atoms with Gasteiger partial charge in [0.15, 0.2) is 5.78 Å². The number of aliphatic hydroxyl groups is 1. The second-order valence-corrected chi connectivity index (χ2v) is 5.06. The highest BCUT2D eigenvalue weighted by Gasteiger charge is 2.43. The van der Waals surface area contributed by atoms with E-state index < -0.39 is 5.41 Å². The SMILES string of the molecule is O=C(c1ccc(Cl)c(Cl)c1)C1(CO)CCC1. The monoisotopic (exact) mass is 258 g/mol. The van der Waals surface area contributed by atoms with E-state index in [2.05, 4.69) is 0 Å². The second kappa shape index (κ2) is 4.36. The Morgan fingerprint density at radius 2 is 2.00 bits per heavy atom. The zero-order valence-electron chi connectivity index (χ0n) is 8.67. The van der Waals surface area contributed by atoms with Gasteiger partial charge in [-0.05, 0) is 31.0 Å². The van der Waals surface area contributed by atoms with Gasteiger partial charge in [-0.1, -0.05) is 29.6 Å². The minimum absolute atomic E-state index is 0.0279. The molecule has 0 atom stereocenters. The Kier molecular flexibility index (Phi) is 3.24. The first-order valence-electron chi connectivity index (χ1n) is 5.20. The fourth-order valence-corrected chi connectivity index (χ4v) is 2.30. The van der Waals surface area contributed by atoms with Gasteiger partial charge < -0.3 is 5.11 Å². The van der Waals surface area contributed by atoms with Crippen LogP contribution in [0.2, 0.25) is 10.0 Å². The molecule has 1 saturated carbocycles. The number of ketones is 1. The van der Waals surface area contributed by atoms with Gasteiger partial charge in [0.1, 0.15) is 0 Å². The summed E-state index contributed by atoms with van der Waals surface area (Å²) in [5.41, 5.74) is -0.0416. The topological polar surface area (TPSA) is 37.3 Å². The average Bonchev–Trinajstić information content (AvgIpc) is 2.21. The van der Waals surface area contributed by atoms with Crippen LogP contribution in [0, 0.1) is 5.41 Å². The Balaban J connectivity index is 2.30. The third-order valence-corrected chi connectivity index (χ3v) is 4.02. The van der Waals surface area contributed by atoms with Gasteiger partial charge in [-0.3, -0.25) is 4.79 Å². The molecule has 1 aromatic rings. The number of Topliss-reactive ketones (excluding diaryl/α,β-unsaturated/α-hetero) is 1. The molecule has 1 aliphatic carbocycles. The normalized spacial score (nSPS) is 17.9. The Labute approximate surface area is 104 Å². The van der Waals surface area contributed by atoms with Crippen LogP contribution in [0.5, 0.6) is 0 Å². The first-order valence-corrected chi connectivity index (χ1v) is 5.95. The summed E-state index contributed by atoms with van der Waals surface area (Å²) in [5, 5.41) is 10.1. The zero-order chi connectivity index (χ0) is 11.8. The lowest BCUT2D eigenvalue weighted by molar-refractivity contribution is 0.0348. The van der Waals surface area contributed by atoms with Crippen molar-refractivity contribution in [3.63, 3.8) is 0 Å². The van der Waals surface area contributed by atoms with Crippen molar-refractivity contribution in [2.45, 2.75) is 19.3 Å². The molecule has 1 aliphatic rings. The number of hydrogen-bond donors (Lipinski definition) is 1. The third-order valence-electron chi connectivity index (χ3n) is 3.28. The molecule has 1 fully saturated rings. The van der Waals surface area contributed by atoms with E-state index in [4.69, 9.17) is 23.2 Å². The molecule has 0 amide bonds. The average molecular weight is 259 g/mol. The molecule has 1 N–H and O–H groups in total. The molecule has 4 heteroatoms. The number of halogens is 2. The molecule has 0 aromatic heterocycles. The largest absolute Gasteiger partial charge is 0.395 e. The van der Waals surface area contributed by atoms with E-state index in [1.54, 1.807) is 18.2 Å². The highest BCUT2D eigenvalue weighted by Crippen LogP contribution is 2.43. The molecule has 0 unspecified atom stereocenters. The summed E-state index contributed by atoms with van der Waals surface area (Å²) >= 11 is 11.7. The van der Waals surface area contributed by atoms with Gasteiger partial charge in [0.05, 0.1) is 22.1 Å². The summed E-state index contributed by atoms with van der Waals surface area (Å²) < 4.78 is 0. The fraction of sp³-hybridized carbons (Fsp3) is 0.417. The van der Waals surface area contributed by atoms with E-state index in [0.717, 1.165) is 19.3 Å². The molecule has 2 rings (SSSR count). The van der Waals surface area contributed by atoms with Crippen LogP contribution in [0.3, 0.4) is 0 Å². The summed E-state index contributed by atoms with van der Waals surface area (Å²) in [4.78, 5) is 12.2. The molecule has 0 spiro atoms. The van der Waals surface area contributed by atoms with Gasteiger partial charge in [0.2, 0.25) is 0 Å². The smallest absolute Gasteiger partial charge is 0.171 e. The van der Waals surface area contributed by atoms with Gasteiger partial charge in [-0.25, -0.2) is 0 Å². The third kappa shape index (κ3) is 1.86. The van der Waals surface area contributed by atoms with Gasteiger partial charge in [-0.15, -0.1) is 0 Å². The molecule has 0 heterocycles. The van der Waals surface area contributed by atoms with Gasteiger partial charge in [0.25, 0.3) is 0 Å². The quantitative estimate of drug-likeness (QED) is 0.845. The molecule has 16 heavy (non-hydrogen) atoms. The molecular formula is C12H12Cl2O2. The van der Waals surface area contributed by atoms with Crippen LogP contribution in [0.4, 0.5) is 0 Å². The first-order chi connectivity index (χ1) is 7.59. The highest BCUT2D eigenvalue weighted by molar-refractivity contribution is 6.42. The Morgan fingerprint density at radius 3 is 2.44 bits per heavy atom. The van der Waals surface area contributed by atoms with Crippen LogP contribution in [-0.2, 0) is 0 Å². The summed E-state index contributed by atoms with van der Waals surface area (Å²) in [7, 11) is 0. The summed E-state index contributed by atoms with van der Waals surface area (Å²) in [6.45, 7) is -0.0912. The van der Waals surface area contributed by atoms with Gasteiger partial charge >= 0.3 is 0 Å². The minimum Gasteiger partial charge on any atom is -0.395 e. The van der Waals surface area contributed by atoms with Crippen LogP contribution in [-0.4, -0.2) is 17.5 Å². The maximum Gasteiger partial charge on any atom is 0.171 e. The van der Waals surface area contributed by atoms with Crippen molar-refractivity contribution >= 4 is 29.0 Å². The van der Waals surface area contributed by atoms with Crippen molar-refractivity contribution in [1.29, 1.82) is 0 Å². The van der Waals surface area contributed by atoms with Crippen molar-refractivity contribution in [2.75, 3.05) is 6.61 Å². The molecular weight excluding hydrogens is 247 g/mol. The first kappa shape index (κ1) is 11.9. The molecule has 0 saturated heterocycles. The molecule has 86 valence electrons. The van der Waals surface area contributed by atoms with Crippen molar-refractivity contribution in [3.05, 3.63) is 33.8 Å². The molecule has 1 aromatic carbocycles. The minimum atomic E-state index is -0.572. The highest BCUT2D eigenvalue weighted by atomic mass is 35.5. The lowest BCUT2D eigenvalue weighted by Crippen LogP contribution is -2.41.